The zero-order chi connectivity index (χ0) is 15.2. The second kappa shape index (κ2) is 6.45. The van der Waals surface area contributed by atoms with Gasteiger partial charge < -0.3 is 5.32 Å². The maximum atomic E-state index is 12.0. The summed E-state index contributed by atoms with van der Waals surface area (Å²) in [6.45, 7) is 0. The highest BCUT2D eigenvalue weighted by atomic mass is 32.1. The lowest BCUT2D eigenvalue weighted by Crippen LogP contribution is -2.13. The van der Waals surface area contributed by atoms with Gasteiger partial charge in [-0.25, -0.2) is 0 Å². The minimum absolute atomic E-state index is 0.0354. The van der Waals surface area contributed by atoms with Crippen molar-refractivity contribution in [1.29, 1.82) is 5.26 Å². The fraction of sp³-hybridized carbons (Fsp3) is 0. The van der Waals surface area contributed by atoms with E-state index in [1.54, 1.807) is 6.07 Å². The van der Waals surface area contributed by atoms with Crippen molar-refractivity contribution in [2.75, 3.05) is 5.32 Å². The van der Waals surface area contributed by atoms with Crippen LogP contribution in [0, 0.1) is 21.4 Å². The average Bonchev–Trinajstić information content (AvgIpc) is 2.98. The molecule has 2 aromatic rings. The van der Waals surface area contributed by atoms with Crippen LogP contribution >= 0.6 is 11.3 Å². The molecule has 0 fully saturated rings. The van der Waals surface area contributed by atoms with Crippen molar-refractivity contribution in [2.45, 2.75) is 0 Å². The van der Waals surface area contributed by atoms with E-state index >= 15 is 0 Å². The molecular weight excluding hydrogens is 290 g/mol. The second-order valence-corrected chi connectivity index (χ2v) is 4.76. The van der Waals surface area contributed by atoms with E-state index in [0.717, 1.165) is 5.56 Å². The van der Waals surface area contributed by atoms with Crippen LogP contribution in [0.2, 0.25) is 0 Å². The number of carbonyl (C=O) groups excluding carboxylic acids is 1. The number of carbonyl (C=O) groups is 1. The fourth-order valence-corrected chi connectivity index (χ4v) is 2.16. The lowest BCUT2D eigenvalue weighted by Gasteiger charge is -2.03. The molecule has 0 aliphatic carbocycles. The fourth-order valence-electron chi connectivity index (χ4n) is 1.54. The van der Waals surface area contributed by atoms with E-state index < -0.39 is 10.8 Å². The summed E-state index contributed by atoms with van der Waals surface area (Å²) in [7, 11) is 0. The highest BCUT2D eigenvalue weighted by molar-refractivity contribution is 7.08. The standard InChI is InChI=1S/C14H9N3O3S/c15-8-11(7-10-5-6-21-9-10)14(18)16-12-1-3-13(4-2-12)17(19)20/h1-7,9H,(H,16,18)/b11-7+. The van der Waals surface area contributed by atoms with Crippen LogP contribution < -0.4 is 5.32 Å². The zero-order valence-electron chi connectivity index (χ0n) is 10.6. The van der Waals surface area contributed by atoms with Crippen LogP contribution in [0.3, 0.4) is 0 Å². The number of nitrogens with one attached hydrogen (secondary N) is 1. The normalized spacial score (nSPS) is 10.7. The van der Waals surface area contributed by atoms with E-state index in [1.807, 2.05) is 16.8 Å². The maximum Gasteiger partial charge on any atom is 0.269 e. The third-order valence-electron chi connectivity index (χ3n) is 2.56. The quantitative estimate of drug-likeness (QED) is 0.406. The van der Waals surface area contributed by atoms with Crippen LogP contribution in [0.15, 0.2) is 46.7 Å². The van der Waals surface area contributed by atoms with E-state index in [4.69, 9.17) is 5.26 Å². The lowest BCUT2D eigenvalue weighted by atomic mass is 10.2. The van der Waals surface area contributed by atoms with Crippen molar-refractivity contribution >= 4 is 34.7 Å². The van der Waals surface area contributed by atoms with Crippen molar-refractivity contribution in [3.05, 3.63) is 62.3 Å². The molecule has 1 aromatic heterocycles. The molecule has 2 rings (SSSR count). The number of thiophene rings is 1. The number of nitriles is 1. The zero-order valence-corrected chi connectivity index (χ0v) is 11.5. The van der Waals surface area contributed by atoms with E-state index in [9.17, 15) is 14.9 Å². The van der Waals surface area contributed by atoms with Crippen molar-refractivity contribution in [1.82, 2.24) is 0 Å². The molecule has 0 aliphatic rings. The maximum absolute atomic E-state index is 12.0. The number of nitro benzene ring substituents is 1. The first kappa shape index (κ1) is 14.4. The summed E-state index contributed by atoms with van der Waals surface area (Å²) >= 11 is 1.46. The highest BCUT2D eigenvalue weighted by Crippen LogP contribution is 2.17. The molecule has 0 unspecified atom stereocenters. The third-order valence-corrected chi connectivity index (χ3v) is 3.26. The molecule has 0 atom stereocenters. The molecule has 6 nitrogen and oxygen atoms in total. The number of benzene rings is 1. The summed E-state index contributed by atoms with van der Waals surface area (Å²) < 4.78 is 0. The van der Waals surface area contributed by atoms with Crippen LogP contribution in [-0.2, 0) is 4.79 Å². The summed E-state index contributed by atoms with van der Waals surface area (Å²) in [6, 6.07) is 9.02. The van der Waals surface area contributed by atoms with Gasteiger partial charge in [0.1, 0.15) is 11.6 Å². The second-order valence-electron chi connectivity index (χ2n) is 3.98. The first-order chi connectivity index (χ1) is 10.1. The van der Waals surface area contributed by atoms with E-state index in [1.165, 1.54) is 41.7 Å². The smallest absolute Gasteiger partial charge is 0.269 e. The number of amides is 1. The van der Waals surface area contributed by atoms with Gasteiger partial charge in [0.05, 0.1) is 4.92 Å². The topological polar surface area (TPSA) is 96.0 Å². The number of hydrogen-bond acceptors (Lipinski definition) is 5. The molecule has 0 aliphatic heterocycles. The summed E-state index contributed by atoms with van der Waals surface area (Å²) in [5, 5.41) is 25.7. The Balaban J connectivity index is 2.13. The molecule has 1 N–H and O–H groups in total. The number of hydrogen-bond donors (Lipinski definition) is 1. The van der Waals surface area contributed by atoms with Gasteiger partial charge in [0.15, 0.2) is 0 Å². The first-order valence-electron chi connectivity index (χ1n) is 5.80. The molecular formula is C14H9N3O3S. The third kappa shape index (κ3) is 3.75. The lowest BCUT2D eigenvalue weighted by molar-refractivity contribution is -0.384. The van der Waals surface area contributed by atoms with Gasteiger partial charge in [-0.3, -0.25) is 14.9 Å². The summed E-state index contributed by atoms with van der Waals surface area (Å²) in [6.07, 6.45) is 1.48. The van der Waals surface area contributed by atoms with Crippen LogP contribution in [0.1, 0.15) is 5.56 Å². The Labute approximate surface area is 124 Å². The van der Waals surface area contributed by atoms with Crippen molar-refractivity contribution in [2.24, 2.45) is 0 Å². The number of anilines is 1. The first-order valence-corrected chi connectivity index (χ1v) is 6.74. The molecule has 1 aromatic carbocycles. The molecule has 0 bridgehead atoms. The Bertz CT molecular complexity index is 728. The molecule has 0 saturated heterocycles. The van der Waals surface area contributed by atoms with Gasteiger partial charge in [-0.2, -0.15) is 16.6 Å². The molecule has 104 valence electrons. The van der Waals surface area contributed by atoms with Crippen LogP contribution in [0.5, 0.6) is 0 Å². The number of rotatable bonds is 4. The van der Waals surface area contributed by atoms with E-state index in [0.29, 0.717) is 5.69 Å². The molecule has 0 spiro atoms. The van der Waals surface area contributed by atoms with Gasteiger partial charge in [-0.15, -0.1) is 0 Å². The number of nitrogens with zero attached hydrogens (tertiary/aromatic N) is 2. The molecule has 0 radical (unpaired) electrons. The SMILES string of the molecule is N#C/C(=C\c1ccsc1)C(=O)Nc1ccc([N+](=O)[O-])cc1. The summed E-state index contributed by atoms with van der Waals surface area (Å²) in [5.41, 5.74) is 1.06. The van der Waals surface area contributed by atoms with Crippen LogP contribution in [-0.4, -0.2) is 10.8 Å². The van der Waals surface area contributed by atoms with Gasteiger partial charge in [-0.05, 0) is 40.6 Å². The van der Waals surface area contributed by atoms with Crippen molar-refractivity contribution in [3.8, 4) is 6.07 Å². The Morgan fingerprint density at radius 3 is 2.57 bits per heavy atom. The minimum atomic E-state index is -0.558. The summed E-state index contributed by atoms with van der Waals surface area (Å²) in [4.78, 5) is 22.0. The Hall–Kier alpha value is -2.98. The Morgan fingerprint density at radius 2 is 2.05 bits per heavy atom. The van der Waals surface area contributed by atoms with Crippen LogP contribution in [0.25, 0.3) is 6.08 Å². The molecule has 1 amide bonds. The monoisotopic (exact) mass is 299 g/mol. The van der Waals surface area contributed by atoms with Gasteiger partial charge in [0, 0.05) is 17.8 Å². The van der Waals surface area contributed by atoms with E-state index in [-0.39, 0.29) is 11.3 Å². The van der Waals surface area contributed by atoms with Gasteiger partial charge >= 0.3 is 0 Å². The minimum Gasteiger partial charge on any atom is -0.321 e. The van der Waals surface area contributed by atoms with Gasteiger partial charge in [0.2, 0.25) is 0 Å². The largest absolute Gasteiger partial charge is 0.321 e. The predicted octanol–water partition coefficient (Wildman–Crippen LogP) is 3.20. The average molecular weight is 299 g/mol. The molecule has 21 heavy (non-hydrogen) atoms. The van der Waals surface area contributed by atoms with Crippen LogP contribution in [0.4, 0.5) is 11.4 Å². The Morgan fingerprint density at radius 1 is 1.33 bits per heavy atom. The number of non-ortho nitro benzene ring substituents is 1. The van der Waals surface area contributed by atoms with Crippen molar-refractivity contribution < 1.29 is 9.72 Å². The molecule has 1 heterocycles. The highest BCUT2D eigenvalue weighted by Gasteiger charge is 2.11. The number of nitro groups is 1. The van der Waals surface area contributed by atoms with Gasteiger partial charge in [0.25, 0.3) is 11.6 Å². The van der Waals surface area contributed by atoms with Gasteiger partial charge in [-0.1, -0.05) is 0 Å². The summed E-state index contributed by atoms with van der Waals surface area (Å²) in [5.74, 6) is -0.558. The molecule has 0 saturated carbocycles. The molecule has 7 heteroatoms. The van der Waals surface area contributed by atoms with Crippen molar-refractivity contribution in [3.63, 3.8) is 0 Å². The van der Waals surface area contributed by atoms with E-state index in [2.05, 4.69) is 5.32 Å². The Kier molecular flexibility index (Phi) is 4.43. The predicted molar refractivity (Wildman–Crippen MR) is 79.6 cm³/mol.